The molecule has 0 aliphatic heterocycles. The Bertz CT molecular complexity index is 352. The number of anilines is 1. The quantitative estimate of drug-likeness (QED) is 0.781. The summed E-state index contributed by atoms with van der Waals surface area (Å²) in [7, 11) is 0. The van der Waals surface area contributed by atoms with E-state index in [-0.39, 0.29) is 0 Å². The second kappa shape index (κ2) is 5.82. The summed E-state index contributed by atoms with van der Waals surface area (Å²) in [5, 5.41) is 3.27. The summed E-state index contributed by atoms with van der Waals surface area (Å²) in [6.45, 7) is 3.66. The van der Waals surface area contributed by atoms with E-state index in [9.17, 15) is 0 Å². The fraction of sp³-hybridized carbons (Fsp3) is 0.667. The van der Waals surface area contributed by atoms with Gasteiger partial charge >= 0.3 is 0 Å². The fourth-order valence-electron chi connectivity index (χ4n) is 1.91. The first-order chi connectivity index (χ1) is 8.28. The topological polar surface area (TPSA) is 73.1 Å². The van der Waals surface area contributed by atoms with E-state index in [1.807, 2.05) is 0 Å². The van der Waals surface area contributed by atoms with Crippen molar-refractivity contribution in [3.05, 3.63) is 12.4 Å². The Morgan fingerprint density at radius 2 is 2.29 bits per heavy atom. The molecule has 0 bridgehead atoms. The van der Waals surface area contributed by atoms with Gasteiger partial charge in [-0.2, -0.15) is 4.98 Å². The lowest BCUT2D eigenvalue weighted by Gasteiger charge is -2.32. The molecule has 17 heavy (non-hydrogen) atoms. The molecule has 1 heterocycles. The van der Waals surface area contributed by atoms with Gasteiger partial charge in [0.1, 0.15) is 5.82 Å². The molecule has 1 aromatic heterocycles. The molecular formula is C12H20N4O. The summed E-state index contributed by atoms with van der Waals surface area (Å²) in [5.41, 5.74) is 5.74. The molecule has 1 saturated carbocycles. The first kappa shape index (κ1) is 12.1. The molecule has 0 amide bonds. The Morgan fingerprint density at radius 3 is 3.00 bits per heavy atom. The number of ether oxygens (including phenoxy) is 1. The van der Waals surface area contributed by atoms with Crippen LogP contribution in [0.3, 0.4) is 0 Å². The summed E-state index contributed by atoms with van der Waals surface area (Å²) in [5.74, 6) is 2.04. The highest BCUT2D eigenvalue weighted by molar-refractivity contribution is 5.33. The number of rotatable bonds is 6. The molecule has 5 heteroatoms. The third-order valence-corrected chi connectivity index (χ3v) is 2.91. The van der Waals surface area contributed by atoms with Crippen LogP contribution >= 0.6 is 0 Å². The SMILES string of the molecule is CCCOc1cncc(NCC2CC(N)C2)n1. The van der Waals surface area contributed by atoms with Crippen molar-refractivity contribution in [3.8, 4) is 5.88 Å². The zero-order valence-corrected chi connectivity index (χ0v) is 10.2. The molecule has 2 rings (SSSR count). The summed E-state index contributed by atoms with van der Waals surface area (Å²) >= 11 is 0. The molecule has 0 atom stereocenters. The van der Waals surface area contributed by atoms with Crippen LogP contribution in [-0.4, -0.2) is 29.2 Å². The normalized spacial score (nSPS) is 22.9. The van der Waals surface area contributed by atoms with E-state index in [1.54, 1.807) is 12.4 Å². The van der Waals surface area contributed by atoms with Gasteiger partial charge in [-0.05, 0) is 25.2 Å². The zero-order valence-electron chi connectivity index (χ0n) is 10.2. The second-order valence-corrected chi connectivity index (χ2v) is 4.57. The summed E-state index contributed by atoms with van der Waals surface area (Å²) < 4.78 is 5.43. The van der Waals surface area contributed by atoms with Gasteiger partial charge in [0.05, 0.1) is 19.0 Å². The van der Waals surface area contributed by atoms with Gasteiger partial charge in [0.25, 0.3) is 0 Å². The van der Waals surface area contributed by atoms with Crippen molar-refractivity contribution in [2.45, 2.75) is 32.2 Å². The molecule has 5 nitrogen and oxygen atoms in total. The number of nitrogens with two attached hydrogens (primary N) is 1. The van der Waals surface area contributed by atoms with Crippen LogP contribution in [0.1, 0.15) is 26.2 Å². The van der Waals surface area contributed by atoms with E-state index in [2.05, 4.69) is 22.2 Å². The Morgan fingerprint density at radius 1 is 1.47 bits per heavy atom. The highest BCUT2D eigenvalue weighted by Crippen LogP contribution is 2.25. The van der Waals surface area contributed by atoms with Crippen LogP contribution in [-0.2, 0) is 0 Å². The number of hydrogen-bond acceptors (Lipinski definition) is 5. The van der Waals surface area contributed by atoms with Gasteiger partial charge < -0.3 is 15.8 Å². The lowest BCUT2D eigenvalue weighted by atomic mass is 9.81. The van der Waals surface area contributed by atoms with Crippen LogP contribution in [0.25, 0.3) is 0 Å². The first-order valence-corrected chi connectivity index (χ1v) is 6.22. The minimum absolute atomic E-state index is 0.395. The maximum atomic E-state index is 5.74. The molecule has 1 fully saturated rings. The number of nitrogens with zero attached hydrogens (tertiary/aromatic N) is 2. The number of aromatic nitrogens is 2. The van der Waals surface area contributed by atoms with Gasteiger partial charge in [0.15, 0.2) is 0 Å². The minimum Gasteiger partial charge on any atom is -0.477 e. The minimum atomic E-state index is 0.395. The van der Waals surface area contributed by atoms with Crippen LogP contribution in [0.2, 0.25) is 0 Å². The van der Waals surface area contributed by atoms with Crippen molar-refractivity contribution < 1.29 is 4.74 Å². The van der Waals surface area contributed by atoms with Crippen LogP contribution in [0, 0.1) is 5.92 Å². The highest BCUT2D eigenvalue weighted by atomic mass is 16.5. The van der Waals surface area contributed by atoms with E-state index in [0.717, 1.165) is 31.6 Å². The van der Waals surface area contributed by atoms with Crippen molar-refractivity contribution in [2.24, 2.45) is 11.7 Å². The molecule has 94 valence electrons. The number of nitrogens with one attached hydrogen (secondary N) is 1. The molecular weight excluding hydrogens is 216 g/mol. The summed E-state index contributed by atoms with van der Waals surface area (Å²) in [4.78, 5) is 8.43. The van der Waals surface area contributed by atoms with Gasteiger partial charge in [-0.3, -0.25) is 4.98 Å². The molecule has 3 N–H and O–H groups in total. The maximum Gasteiger partial charge on any atom is 0.234 e. The lowest BCUT2D eigenvalue weighted by molar-refractivity contribution is 0.279. The third-order valence-electron chi connectivity index (χ3n) is 2.91. The molecule has 0 radical (unpaired) electrons. The van der Waals surface area contributed by atoms with E-state index < -0.39 is 0 Å². The Labute approximate surface area is 102 Å². The summed E-state index contributed by atoms with van der Waals surface area (Å²) in [6, 6.07) is 0.395. The fourth-order valence-corrected chi connectivity index (χ4v) is 1.91. The molecule has 1 aliphatic rings. The molecule has 0 aromatic carbocycles. The second-order valence-electron chi connectivity index (χ2n) is 4.57. The third kappa shape index (κ3) is 3.56. The first-order valence-electron chi connectivity index (χ1n) is 6.22. The van der Waals surface area contributed by atoms with Crippen molar-refractivity contribution >= 4 is 5.82 Å². The largest absolute Gasteiger partial charge is 0.477 e. The average Bonchev–Trinajstić information content (AvgIpc) is 2.31. The average molecular weight is 236 g/mol. The highest BCUT2D eigenvalue weighted by Gasteiger charge is 2.25. The van der Waals surface area contributed by atoms with Crippen LogP contribution in [0.15, 0.2) is 12.4 Å². The van der Waals surface area contributed by atoms with E-state index >= 15 is 0 Å². The van der Waals surface area contributed by atoms with E-state index in [0.29, 0.717) is 24.4 Å². The van der Waals surface area contributed by atoms with Crippen LogP contribution in [0.4, 0.5) is 5.82 Å². The van der Waals surface area contributed by atoms with Gasteiger partial charge in [-0.25, -0.2) is 0 Å². The van der Waals surface area contributed by atoms with E-state index in [1.165, 1.54) is 0 Å². The van der Waals surface area contributed by atoms with Crippen LogP contribution in [0.5, 0.6) is 5.88 Å². The summed E-state index contributed by atoms with van der Waals surface area (Å²) in [6.07, 6.45) is 6.54. The van der Waals surface area contributed by atoms with Crippen molar-refractivity contribution in [1.29, 1.82) is 0 Å². The van der Waals surface area contributed by atoms with Crippen LogP contribution < -0.4 is 15.8 Å². The predicted octanol–water partition coefficient (Wildman–Crippen LogP) is 1.41. The molecule has 0 saturated heterocycles. The monoisotopic (exact) mass is 236 g/mol. The van der Waals surface area contributed by atoms with Gasteiger partial charge in [-0.15, -0.1) is 0 Å². The maximum absolute atomic E-state index is 5.74. The smallest absolute Gasteiger partial charge is 0.234 e. The van der Waals surface area contributed by atoms with E-state index in [4.69, 9.17) is 10.5 Å². The molecule has 1 aliphatic carbocycles. The van der Waals surface area contributed by atoms with Crippen molar-refractivity contribution in [1.82, 2.24) is 9.97 Å². The zero-order chi connectivity index (χ0) is 12.1. The standard InChI is InChI=1S/C12H20N4O/c1-2-3-17-12-8-14-7-11(16-12)15-6-9-4-10(13)5-9/h7-10H,2-6,13H2,1H3,(H,15,16). The Hall–Kier alpha value is -1.36. The van der Waals surface area contributed by atoms with Gasteiger partial charge in [-0.1, -0.05) is 6.92 Å². The lowest BCUT2D eigenvalue weighted by Crippen LogP contribution is -2.39. The molecule has 1 aromatic rings. The van der Waals surface area contributed by atoms with Crippen molar-refractivity contribution in [2.75, 3.05) is 18.5 Å². The number of hydrogen-bond donors (Lipinski definition) is 2. The van der Waals surface area contributed by atoms with Gasteiger partial charge in [0.2, 0.25) is 5.88 Å². The van der Waals surface area contributed by atoms with Crippen molar-refractivity contribution in [3.63, 3.8) is 0 Å². The molecule has 0 unspecified atom stereocenters. The Balaban J connectivity index is 1.79. The predicted molar refractivity (Wildman–Crippen MR) is 67.0 cm³/mol. The molecule has 0 spiro atoms. The Kier molecular flexibility index (Phi) is 4.14. The van der Waals surface area contributed by atoms with Gasteiger partial charge in [0, 0.05) is 12.6 Å².